The average molecular weight is 177 g/mol. The summed E-state index contributed by atoms with van der Waals surface area (Å²) in [6.07, 6.45) is -2.69. The first-order valence-corrected chi connectivity index (χ1v) is 3.55. The van der Waals surface area contributed by atoms with E-state index in [9.17, 15) is 8.78 Å². The Hall–Kier alpha value is -1.04. The van der Waals surface area contributed by atoms with E-state index in [1.807, 2.05) is 6.92 Å². The Morgan fingerprint density at radius 2 is 2.25 bits per heavy atom. The number of halogens is 2. The molecule has 1 heterocycles. The van der Waals surface area contributed by atoms with Crippen molar-refractivity contribution in [2.75, 3.05) is 6.54 Å². The molecule has 0 aliphatic rings. The van der Waals surface area contributed by atoms with Gasteiger partial charge in [-0.2, -0.15) is 8.78 Å². The second-order valence-electron chi connectivity index (χ2n) is 2.12. The van der Waals surface area contributed by atoms with E-state index in [1.54, 1.807) is 0 Å². The molecule has 0 saturated carbocycles. The quantitative estimate of drug-likeness (QED) is 0.748. The Bertz CT molecular complexity index is 238. The highest BCUT2D eigenvalue weighted by Gasteiger charge is 2.15. The van der Waals surface area contributed by atoms with Crippen molar-refractivity contribution in [2.45, 2.75) is 19.9 Å². The van der Waals surface area contributed by atoms with Crippen LogP contribution in [-0.2, 0) is 6.54 Å². The number of hydrogen-bond acceptors (Lipinski definition) is 4. The molecule has 0 amide bonds. The third-order valence-corrected chi connectivity index (χ3v) is 1.20. The Balaban J connectivity index is 2.52. The monoisotopic (exact) mass is 177 g/mol. The maximum absolute atomic E-state index is 11.9. The van der Waals surface area contributed by atoms with Crippen LogP contribution in [0.2, 0.25) is 0 Å². The molecule has 0 saturated heterocycles. The lowest BCUT2D eigenvalue weighted by Gasteiger charge is -1.93. The third kappa shape index (κ3) is 2.23. The predicted octanol–water partition coefficient (Wildman–Crippen LogP) is 1.12. The standard InChI is InChI=1S/C6H9F2N3O/c1-2-9-3-4-10-11-6(12-4)5(7)8/h5,9H,2-3H2,1H3. The van der Waals surface area contributed by atoms with Gasteiger partial charge in [0.1, 0.15) is 0 Å². The smallest absolute Gasteiger partial charge is 0.314 e. The van der Waals surface area contributed by atoms with E-state index < -0.39 is 12.3 Å². The van der Waals surface area contributed by atoms with Crippen molar-refractivity contribution < 1.29 is 13.2 Å². The highest BCUT2D eigenvalue weighted by atomic mass is 19.3. The zero-order chi connectivity index (χ0) is 8.97. The van der Waals surface area contributed by atoms with Crippen molar-refractivity contribution in [2.24, 2.45) is 0 Å². The number of aromatic nitrogens is 2. The summed E-state index contributed by atoms with van der Waals surface area (Å²) in [5.74, 6) is -0.435. The van der Waals surface area contributed by atoms with Crippen molar-refractivity contribution in [1.82, 2.24) is 15.5 Å². The first-order valence-electron chi connectivity index (χ1n) is 3.55. The molecule has 1 aromatic heterocycles. The molecule has 4 nitrogen and oxygen atoms in total. The van der Waals surface area contributed by atoms with Gasteiger partial charge >= 0.3 is 6.43 Å². The van der Waals surface area contributed by atoms with Gasteiger partial charge in [0.05, 0.1) is 6.54 Å². The van der Waals surface area contributed by atoms with Crippen LogP contribution in [0, 0.1) is 0 Å². The minimum atomic E-state index is -2.69. The van der Waals surface area contributed by atoms with E-state index >= 15 is 0 Å². The summed E-state index contributed by atoms with van der Waals surface area (Å²) < 4.78 is 28.4. The molecule has 0 atom stereocenters. The van der Waals surface area contributed by atoms with E-state index in [1.165, 1.54) is 0 Å². The molecule has 1 rings (SSSR count). The maximum Gasteiger partial charge on any atom is 0.314 e. The van der Waals surface area contributed by atoms with E-state index in [4.69, 9.17) is 0 Å². The molecular weight excluding hydrogens is 168 g/mol. The van der Waals surface area contributed by atoms with Gasteiger partial charge in [0.25, 0.3) is 5.89 Å². The van der Waals surface area contributed by atoms with Gasteiger partial charge in [0.2, 0.25) is 5.89 Å². The van der Waals surface area contributed by atoms with Gasteiger partial charge in [0, 0.05) is 0 Å². The molecule has 0 radical (unpaired) electrons. The minimum absolute atomic E-state index is 0.187. The largest absolute Gasteiger partial charge is 0.418 e. The summed E-state index contributed by atoms with van der Waals surface area (Å²) in [5, 5.41) is 9.45. The molecule has 1 aromatic rings. The van der Waals surface area contributed by atoms with Crippen LogP contribution in [0.5, 0.6) is 0 Å². The molecule has 0 aliphatic heterocycles. The van der Waals surface area contributed by atoms with E-state index in [0.29, 0.717) is 6.54 Å². The molecule has 0 aromatic carbocycles. The molecule has 6 heteroatoms. The molecule has 0 spiro atoms. The zero-order valence-corrected chi connectivity index (χ0v) is 6.55. The van der Waals surface area contributed by atoms with E-state index in [2.05, 4.69) is 19.9 Å². The normalized spacial score (nSPS) is 11.0. The topological polar surface area (TPSA) is 51.0 Å². The van der Waals surface area contributed by atoms with Crippen molar-refractivity contribution in [1.29, 1.82) is 0 Å². The number of hydrogen-bond donors (Lipinski definition) is 1. The minimum Gasteiger partial charge on any atom is -0.418 e. The fourth-order valence-corrected chi connectivity index (χ4v) is 0.658. The van der Waals surface area contributed by atoms with Gasteiger partial charge < -0.3 is 9.73 Å². The summed E-state index contributed by atoms with van der Waals surface area (Å²) in [5.41, 5.74) is 0. The first-order chi connectivity index (χ1) is 5.74. The third-order valence-electron chi connectivity index (χ3n) is 1.20. The Labute approximate surface area is 68.0 Å². The van der Waals surface area contributed by atoms with Crippen LogP contribution in [0.25, 0.3) is 0 Å². The van der Waals surface area contributed by atoms with Gasteiger partial charge in [-0.15, -0.1) is 10.2 Å². The second-order valence-corrected chi connectivity index (χ2v) is 2.12. The number of rotatable bonds is 4. The van der Waals surface area contributed by atoms with Crippen LogP contribution in [0.4, 0.5) is 8.78 Å². The summed E-state index contributed by atoms with van der Waals surface area (Å²) in [7, 11) is 0. The molecule has 68 valence electrons. The SMILES string of the molecule is CCNCc1nnc(C(F)F)o1. The summed E-state index contributed by atoms with van der Waals surface area (Å²) in [6, 6.07) is 0. The number of alkyl halides is 2. The van der Waals surface area contributed by atoms with Gasteiger partial charge in [-0.3, -0.25) is 0 Å². The highest BCUT2D eigenvalue weighted by molar-refractivity contribution is 4.81. The fourth-order valence-electron chi connectivity index (χ4n) is 0.658. The average Bonchev–Trinajstić information content (AvgIpc) is 2.48. The molecule has 0 bridgehead atoms. The fraction of sp³-hybridized carbons (Fsp3) is 0.667. The number of nitrogens with one attached hydrogen (secondary N) is 1. The van der Waals surface area contributed by atoms with Crippen LogP contribution < -0.4 is 5.32 Å². The Kier molecular flexibility index (Phi) is 3.09. The first kappa shape index (κ1) is 9.05. The van der Waals surface area contributed by atoms with Crippen LogP contribution in [0.15, 0.2) is 4.42 Å². The summed E-state index contributed by atoms with van der Waals surface area (Å²) in [4.78, 5) is 0. The Morgan fingerprint density at radius 1 is 1.50 bits per heavy atom. The predicted molar refractivity (Wildman–Crippen MR) is 36.6 cm³/mol. The molecule has 0 unspecified atom stereocenters. The lowest BCUT2D eigenvalue weighted by atomic mass is 10.6. The van der Waals surface area contributed by atoms with Crippen molar-refractivity contribution in [3.63, 3.8) is 0 Å². The molecule has 1 N–H and O–H groups in total. The second kappa shape index (κ2) is 4.10. The van der Waals surface area contributed by atoms with Crippen LogP contribution in [-0.4, -0.2) is 16.7 Å². The van der Waals surface area contributed by atoms with Crippen molar-refractivity contribution in [3.05, 3.63) is 11.8 Å². The van der Waals surface area contributed by atoms with Gasteiger partial charge in [0.15, 0.2) is 0 Å². The number of nitrogens with zero attached hydrogens (tertiary/aromatic N) is 2. The highest BCUT2D eigenvalue weighted by Crippen LogP contribution is 2.15. The van der Waals surface area contributed by atoms with Gasteiger partial charge in [-0.1, -0.05) is 6.92 Å². The molecule has 12 heavy (non-hydrogen) atoms. The van der Waals surface area contributed by atoms with Crippen molar-refractivity contribution in [3.8, 4) is 0 Å². The van der Waals surface area contributed by atoms with Crippen molar-refractivity contribution >= 4 is 0 Å². The van der Waals surface area contributed by atoms with E-state index in [-0.39, 0.29) is 5.89 Å². The van der Waals surface area contributed by atoms with Gasteiger partial charge in [-0.25, -0.2) is 0 Å². The Morgan fingerprint density at radius 3 is 2.75 bits per heavy atom. The van der Waals surface area contributed by atoms with Gasteiger partial charge in [-0.05, 0) is 6.54 Å². The van der Waals surface area contributed by atoms with Crippen LogP contribution >= 0.6 is 0 Å². The molecular formula is C6H9F2N3O. The van der Waals surface area contributed by atoms with Crippen LogP contribution in [0.3, 0.4) is 0 Å². The lowest BCUT2D eigenvalue weighted by Crippen LogP contribution is -2.11. The summed E-state index contributed by atoms with van der Waals surface area (Å²) >= 11 is 0. The molecule has 0 fully saturated rings. The summed E-state index contributed by atoms with van der Waals surface area (Å²) in [6.45, 7) is 2.95. The zero-order valence-electron chi connectivity index (χ0n) is 6.55. The molecule has 0 aliphatic carbocycles. The van der Waals surface area contributed by atoms with E-state index in [0.717, 1.165) is 6.54 Å². The lowest BCUT2D eigenvalue weighted by molar-refractivity contribution is 0.113. The van der Waals surface area contributed by atoms with Crippen LogP contribution in [0.1, 0.15) is 25.1 Å². The maximum atomic E-state index is 11.9.